The number of nitrogens with zero attached hydrogens (tertiary/aromatic N) is 1. The first kappa shape index (κ1) is 7.25. The zero-order valence-corrected chi connectivity index (χ0v) is 5.14. The van der Waals surface area contributed by atoms with E-state index >= 15 is 0 Å². The van der Waals surface area contributed by atoms with Crippen molar-refractivity contribution >= 4 is 0 Å². The van der Waals surface area contributed by atoms with Crippen LogP contribution in [0.15, 0.2) is 0 Å². The van der Waals surface area contributed by atoms with E-state index < -0.39 is 0 Å². The van der Waals surface area contributed by atoms with Crippen molar-refractivity contribution in [2.75, 3.05) is 0 Å². The number of rotatable bonds is 3. The zero-order valence-electron chi connectivity index (χ0n) is 5.14. The van der Waals surface area contributed by atoms with E-state index in [1.807, 2.05) is 13.8 Å². The van der Waals surface area contributed by atoms with Crippen molar-refractivity contribution in [3.63, 3.8) is 0 Å². The molecule has 0 aliphatic rings. The summed E-state index contributed by atoms with van der Waals surface area (Å²) in [5.41, 5.74) is 2.52. The predicted molar refractivity (Wildman–Crippen MR) is 29.6 cm³/mol. The highest BCUT2D eigenvalue weighted by atomic mass is 16.6. The van der Waals surface area contributed by atoms with Gasteiger partial charge in [0.1, 0.15) is 0 Å². The third kappa shape index (κ3) is 3.44. The molecular formula is C5H10N2O. The van der Waals surface area contributed by atoms with Crippen LogP contribution in [0.4, 0.5) is 0 Å². The summed E-state index contributed by atoms with van der Waals surface area (Å²) in [5, 5.41) is 7.88. The second kappa shape index (κ2) is 4.41. The van der Waals surface area contributed by atoms with Crippen molar-refractivity contribution in [2.45, 2.75) is 26.3 Å². The van der Waals surface area contributed by atoms with Crippen molar-refractivity contribution in [1.82, 2.24) is 5.48 Å². The summed E-state index contributed by atoms with van der Waals surface area (Å²) in [6.45, 7) is 3.95. The summed E-state index contributed by atoms with van der Waals surface area (Å²) < 4.78 is 0. The SMILES string of the molecule is CC[C@@H](C)NOC#N. The molecule has 0 aliphatic carbocycles. The quantitative estimate of drug-likeness (QED) is 0.435. The maximum absolute atomic E-state index is 7.88. The fraction of sp³-hybridized carbons (Fsp3) is 0.800. The Balaban J connectivity index is 3.01. The molecule has 0 fully saturated rings. The highest BCUT2D eigenvalue weighted by molar-refractivity contribution is 4.51. The van der Waals surface area contributed by atoms with Crippen LogP contribution in [0.25, 0.3) is 0 Å². The van der Waals surface area contributed by atoms with Crippen LogP contribution >= 0.6 is 0 Å². The minimum atomic E-state index is 0.259. The molecule has 3 heteroatoms. The lowest BCUT2D eigenvalue weighted by Crippen LogP contribution is -2.23. The average Bonchev–Trinajstić information content (AvgIpc) is 1.83. The molecule has 1 atom stereocenters. The van der Waals surface area contributed by atoms with Crippen molar-refractivity contribution in [3.05, 3.63) is 0 Å². The van der Waals surface area contributed by atoms with Gasteiger partial charge in [0.05, 0.1) is 0 Å². The summed E-state index contributed by atoms with van der Waals surface area (Å²) in [5.74, 6) is 0. The maximum atomic E-state index is 7.88. The van der Waals surface area contributed by atoms with Gasteiger partial charge in [-0.05, 0) is 13.3 Å². The number of nitrogens with one attached hydrogen (secondary N) is 1. The second-order valence-corrected chi connectivity index (χ2v) is 1.62. The number of nitriles is 1. The van der Waals surface area contributed by atoms with Crippen molar-refractivity contribution in [2.24, 2.45) is 0 Å². The van der Waals surface area contributed by atoms with Crippen molar-refractivity contribution in [1.29, 1.82) is 5.26 Å². The van der Waals surface area contributed by atoms with E-state index in [0.717, 1.165) is 6.42 Å². The molecule has 0 amide bonds. The Morgan fingerprint density at radius 1 is 1.88 bits per heavy atom. The van der Waals surface area contributed by atoms with Gasteiger partial charge in [-0.15, -0.1) is 10.7 Å². The molecule has 0 unspecified atom stereocenters. The van der Waals surface area contributed by atoms with Crippen LogP contribution in [0, 0.1) is 11.5 Å². The van der Waals surface area contributed by atoms with E-state index in [2.05, 4.69) is 10.3 Å². The fourth-order valence-electron chi connectivity index (χ4n) is 0.210. The van der Waals surface area contributed by atoms with Gasteiger partial charge in [0.2, 0.25) is 0 Å². The minimum absolute atomic E-state index is 0.259. The van der Waals surface area contributed by atoms with Gasteiger partial charge in [-0.3, -0.25) is 0 Å². The molecule has 0 saturated carbocycles. The smallest absolute Gasteiger partial charge is 0.307 e. The molecule has 0 aromatic heterocycles. The van der Waals surface area contributed by atoms with Crippen LogP contribution in [-0.2, 0) is 4.84 Å². The lowest BCUT2D eigenvalue weighted by atomic mass is 10.3. The van der Waals surface area contributed by atoms with Gasteiger partial charge in [0, 0.05) is 6.04 Å². The highest BCUT2D eigenvalue weighted by Gasteiger charge is 1.93. The molecule has 1 N–H and O–H groups in total. The summed E-state index contributed by atoms with van der Waals surface area (Å²) in [6, 6.07) is 0.259. The summed E-state index contributed by atoms with van der Waals surface area (Å²) in [7, 11) is 0. The van der Waals surface area contributed by atoms with Crippen LogP contribution in [-0.4, -0.2) is 6.04 Å². The Labute approximate surface area is 49.2 Å². The molecule has 0 aromatic rings. The lowest BCUT2D eigenvalue weighted by molar-refractivity contribution is 0.120. The molecule has 46 valence electrons. The normalized spacial score (nSPS) is 12.1. The second-order valence-electron chi connectivity index (χ2n) is 1.62. The van der Waals surface area contributed by atoms with E-state index in [1.54, 1.807) is 0 Å². The van der Waals surface area contributed by atoms with Crippen LogP contribution in [0.5, 0.6) is 0 Å². The molecule has 0 saturated heterocycles. The molecule has 0 radical (unpaired) electrons. The molecule has 0 aromatic carbocycles. The van der Waals surface area contributed by atoms with Crippen LogP contribution in [0.2, 0.25) is 0 Å². The zero-order chi connectivity index (χ0) is 6.41. The molecular weight excluding hydrogens is 104 g/mol. The third-order valence-electron chi connectivity index (χ3n) is 0.918. The molecule has 0 bridgehead atoms. The van der Waals surface area contributed by atoms with Gasteiger partial charge in [0.15, 0.2) is 0 Å². The largest absolute Gasteiger partial charge is 0.330 e. The van der Waals surface area contributed by atoms with E-state index in [-0.39, 0.29) is 6.04 Å². The van der Waals surface area contributed by atoms with Crippen molar-refractivity contribution < 1.29 is 4.84 Å². The number of hydroxylamine groups is 1. The standard InChI is InChI=1S/C5H10N2O/c1-3-5(2)7-8-4-6/h5,7H,3H2,1-2H3/t5-/m1/s1. The van der Waals surface area contributed by atoms with Gasteiger partial charge < -0.3 is 4.84 Å². The summed E-state index contributed by atoms with van der Waals surface area (Å²) in [6.07, 6.45) is 2.48. The van der Waals surface area contributed by atoms with E-state index in [9.17, 15) is 0 Å². The van der Waals surface area contributed by atoms with E-state index in [4.69, 9.17) is 5.26 Å². The van der Waals surface area contributed by atoms with Crippen LogP contribution in [0.3, 0.4) is 0 Å². The Morgan fingerprint density at radius 3 is 2.88 bits per heavy atom. The Hall–Kier alpha value is -0.750. The van der Waals surface area contributed by atoms with Crippen molar-refractivity contribution in [3.8, 4) is 6.26 Å². The molecule has 0 spiro atoms. The predicted octanol–water partition coefficient (Wildman–Crippen LogP) is 0.787. The average molecular weight is 114 g/mol. The Morgan fingerprint density at radius 2 is 2.50 bits per heavy atom. The van der Waals surface area contributed by atoms with Gasteiger partial charge in [-0.2, -0.15) is 0 Å². The summed E-state index contributed by atoms with van der Waals surface area (Å²) in [4.78, 5) is 4.24. The minimum Gasteiger partial charge on any atom is -0.330 e. The lowest BCUT2D eigenvalue weighted by Gasteiger charge is -2.04. The van der Waals surface area contributed by atoms with Crippen LogP contribution in [0.1, 0.15) is 20.3 Å². The summed E-state index contributed by atoms with van der Waals surface area (Å²) >= 11 is 0. The van der Waals surface area contributed by atoms with E-state index in [1.165, 1.54) is 6.26 Å². The first-order valence-electron chi connectivity index (χ1n) is 2.61. The fourth-order valence-corrected chi connectivity index (χ4v) is 0.210. The number of hydrogen-bond donors (Lipinski definition) is 1. The monoisotopic (exact) mass is 114 g/mol. The number of hydrogen-bond acceptors (Lipinski definition) is 3. The molecule has 0 heterocycles. The van der Waals surface area contributed by atoms with E-state index in [0.29, 0.717) is 0 Å². The van der Waals surface area contributed by atoms with Gasteiger partial charge in [-0.1, -0.05) is 6.92 Å². The van der Waals surface area contributed by atoms with Gasteiger partial charge in [-0.25, -0.2) is 0 Å². The molecule has 8 heavy (non-hydrogen) atoms. The van der Waals surface area contributed by atoms with Crippen LogP contribution < -0.4 is 5.48 Å². The maximum Gasteiger partial charge on any atom is 0.307 e. The first-order chi connectivity index (χ1) is 3.81. The topological polar surface area (TPSA) is 45.0 Å². The Kier molecular flexibility index (Phi) is 4.00. The molecule has 0 aliphatic heterocycles. The Bertz CT molecular complexity index is 86.9. The molecule has 0 rings (SSSR count). The highest BCUT2D eigenvalue weighted by Crippen LogP contribution is 1.85. The third-order valence-corrected chi connectivity index (χ3v) is 0.918. The first-order valence-corrected chi connectivity index (χ1v) is 2.61. The van der Waals surface area contributed by atoms with Gasteiger partial charge >= 0.3 is 6.26 Å². The molecule has 3 nitrogen and oxygen atoms in total. The van der Waals surface area contributed by atoms with Gasteiger partial charge in [0.25, 0.3) is 0 Å².